The largest absolute Gasteiger partial charge is 0.378 e. The highest BCUT2D eigenvalue weighted by molar-refractivity contribution is 5.59. The van der Waals surface area contributed by atoms with Gasteiger partial charge in [0.25, 0.3) is 5.69 Å². The molecule has 106 valence electrons. The van der Waals surface area contributed by atoms with Crippen LogP contribution in [0.4, 0.5) is 11.4 Å². The van der Waals surface area contributed by atoms with Crippen LogP contribution < -0.4 is 5.32 Å². The molecule has 0 aromatic heterocycles. The third kappa shape index (κ3) is 3.18. The van der Waals surface area contributed by atoms with Crippen molar-refractivity contribution in [2.75, 3.05) is 5.32 Å². The second-order valence-corrected chi connectivity index (χ2v) is 4.82. The Morgan fingerprint density at radius 2 is 2.00 bits per heavy atom. The molecule has 0 heterocycles. The summed E-state index contributed by atoms with van der Waals surface area (Å²) in [7, 11) is 0. The van der Waals surface area contributed by atoms with Crippen LogP contribution >= 0.6 is 0 Å². The lowest BCUT2D eigenvalue weighted by molar-refractivity contribution is -0.385. The normalized spacial score (nSPS) is 11.5. The Morgan fingerprint density at radius 1 is 1.29 bits per heavy atom. The average Bonchev–Trinajstić information content (AvgIpc) is 2.47. The van der Waals surface area contributed by atoms with Gasteiger partial charge < -0.3 is 5.32 Å². The van der Waals surface area contributed by atoms with E-state index < -0.39 is 4.92 Å². The molecule has 2 rings (SSSR count). The Balaban J connectivity index is 2.27. The molecule has 5 nitrogen and oxygen atoms in total. The van der Waals surface area contributed by atoms with E-state index in [-0.39, 0.29) is 17.3 Å². The molecule has 0 fully saturated rings. The Labute approximate surface area is 123 Å². The first-order valence-corrected chi connectivity index (χ1v) is 6.53. The molecule has 0 amide bonds. The Bertz CT molecular complexity index is 720. The van der Waals surface area contributed by atoms with Crippen molar-refractivity contribution in [3.05, 3.63) is 69.3 Å². The summed E-state index contributed by atoms with van der Waals surface area (Å²) in [6.45, 7) is 4.04. The molecule has 0 spiro atoms. The molecule has 0 aliphatic rings. The predicted octanol–water partition coefficient (Wildman–Crippen LogP) is 3.95. The number of benzene rings is 2. The van der Waals surface area contributed by atoms with Gasteiger partial charge in [-0.05, 0) is 37.1 Å². The molecule has 1 N–H and O–H groups in total. The summed E-state index contributed by atoms with van der Waals surface area (Å²) in [4.78, 5) is 10.3. The first-order valence-electron chi connectivity index (χ1n) is 6.53. The van der Waals surface area contributed by atoms with E-state index >= 15 is 0 Å². The van der Waals surface area contributed by atoms with E-state index in [4.69, 9.17) is 5.26 Å². The number of nitrogens with zero attached hydrogens (tertiary/aromatic N) is 2. The maximum Gasteiger partial charge on any atom is 0.287 e. The van der Waals surface area contributed by atoms with Crippen molar-refractivity contribution in [2.45, 2.75) is 19.9 Å². The molecule has 1 atom stereocenters. The van der Waals surface area contributed by atoms with Crippen molar-refractivity contribution in [3.8, 4) is 6.07 Å². The monoisotopic (exact) mass is 281 g/mol. The number of aryl methyl sites for hydroxylation is 1. The number of nitriles is 1. The van der Waals surface area contributed by atoms with Gasteiger partial charge in [-0.25, -0.2) is 0 Å². The van der Waals surface area contributed by atoms with E-state index in [0.717, 1.165) is 5.56 Å². The van der Waals surface area contributed by atoms with Gasteiger partial charge in [0.05, 0.1) is 4.92 Å². The molecule has 21 heavy (non-hydrogen) atoms. The molecule has 5 heteroatoms. The number of nitrogens with one attached hydrogen (secondary N) is 1. The van der Waals surface area contributed by atoms with Crippen LogP contribution in [0.1, 0.15) is 29.7 Å². The fourth-order valence-corrected chi connectivity index (χ4v) is 2.27. The van der Waals surface area contributed by atoms with Crippen molar-refractivity contribution in [2.24, 2.45) is 0 Å². The quantitative estimate of drug-likeness (QED) is 0.679. The van der Waals surface area contributed by atoms with Crippen molar-refractivity contribution < 1.29 is 4.92 Å². The fraction of sp³-hybridized carbons (Fsp3) is 0.188. The van der Waals surface area contributed by atoms with E-state index in [0.29, 0.717) is 5.69 Å². The molecular formula is C16H15N3O2. The lowest BCUT2D eigenvalue weighted by atomic mass is 10.0. The highest BCUT2D eigenvalue weighted by Crippen LogP contribution is 2.26. The van der Waals surface area contributed by atoms with Crippen LogP contribution in [0.5, 0.6) is 0 Å². The third-order valence-electron chi connectivity index (χ3n) is 3.35. The fourth-order valence-electron chi connectivity index (χ4n) is 2.27. The van der Waals surface area contributed by atoms with Gasteiger partial charge in [0.2, 0.25) is 0 Å². The minimum Gasteiger partial charge on any atom is -0.378 e. The second-order valence-electron chi connectivity index (χ2n) is 4.82. The van der Waals surface area contributed by atoms with E-state index in [1.165, 1.54) is 17.7 Å². The van der Waals surface area contributed by atoms with Crippen LogP contribution in [0.15, 0.2) is 42.5 Å². The standard InChI is InChI=1S/C16H15N3O2/c1-11-5-3-4-6-15(11)12(2)18-14-7-8-16(19(20)21)13(9-14)10-17/h3-9,12,18H,1-2H3. The van der Waals surface area contributed by atoms with Crippen molar-refractivity contribution >= 4 is 11.4 Å². The maximum atomic E-state index is 10.8. The Hall–Kier alpha value is -2.87. The number of nitro groups is 1. The minimum atomic E-state index is -0.549. The third-order valence-corrected chi connectivity index (χ3v) is 3.35. The van der Waals surface area contributed by atoms with E-state index in [1.54, 1.807) is 6.07 Å². The van der Waals surface area contributed by atoms with Crippen molar-refractivity contribution in [3.63, 3.8) is 0 Å². The van der Waals surface area contributed by atoms with Gasteiger partial charge in [-0.15, -0.1) is 0 Å². The lowest BCUT2D eigenvalue weighted by Gasteiger charge is -2.17. The number of anilines is 1. The van der Waals surface area contributed by atoms with E-state index in [2.05, 4.69) is 5.32 Å². The van der Waals surface area contributed by atoms with Gasteiger partial charge in [0.15, 0.2) is 0 Å². The maximum absolute atomic E-state index is 10.8. The summed E-state index contributed by atoms with van der Waals surface area (Å²) < 4.78 is 0. The first kappa shape index (κ1) is 14.5. The van der Waals surface area contributed by atoms with E-state index in [9.17, 15) is 10.1 Å². The summed E-state index contributed by atoms with van der Waals surface area (Å²) in [5.74, 6) is 0. The summed E-state index contributed by atoms with van der Waals surface area (Å²) in [5.41, 5.74) is 2.88. The molecule has 0 saturated heterocycles. The molecule has 0 aliphatic heterocycles. The molecule has 0 radical (unpaired) electrons. The summed E-state index contributed by atoms with van der Waals surface area (Å²) in [6, 6.07) is 14.4. The van der Waals surface area contributed by atoms with Gasteiger partial charge in [0, 0.05) is 17.8 Å². The first-order chi connectivity index (χ1) is 10.0. The van der Waals surface area contributed by atoms with Crippen LogP contribution in [0.3, 0.4) is 0 Å². The van der Waals surface area contributed by atoms with Gasteiger partial charge in [-0.3, -0.25) is 10.1 Å². The summed E-state index contributed by atoms with van der Waals surface area (Å²) in [6.07, 6.45) is 0. The van der Waals surface area contributed by atoms with Crippen LogP contribution in [-0.2, 0) is 0 Å². The van der Waals surface area contributed by atoms with Gasteiger partial charge in [-0.1, -0.05) is 24.3 Å². The van der Waals surface area contributed by atoms with Crippen molar-refractivity contribution in [1.82, 2.24) is 0 Å². The Kier molecular flexibility index (Phi) is 4.19. The summed E-state index contributed by atoms with van der Waals surface area (Å²) in [5, 5.41) is 23.1. The van der Waals surface area contributed by atoms with Crippen LogP contribution in [0, 0.1) is 28.4 Å². The minimum absolute atomic E-state index is 0.0409. The second kappa shape index (κ2) is 6.06. The molecule has 0 saturated carbocycles. The molecular weight excluding hydrogens is 266 g/mol. The zero-order chi connectivity index (χ0) is 15.4. The lowest BCUT2D eigenvalue weighted by Crippen LogP contribution is -2.08. The summed E-state index contributed by atoms with van der Waals surface area (Å²) >= 11 is 0. The van der Waals surface area contributed by atoms with Crippen LogP contribution in [0.2, 0.25) is 0 Å². The predicted molar refractivity (Wildman–Crippen MR) is 81.0 cm³/mol. The van der Waals surface area contributed by atoms with Crippen LogP contribution in [0.25, 0.3) is 0 Å². The Morgan fingerprint density at radius 3 is 2.62 bits per heavy atom. The number of rotatable bonds is 4. The average molecular weight is 281 g/mol. The molecule has 1 unspecified atom stereocenters. The molecule has 0 aliphatic carbocycles. The number of hydrogen-bond donors (Lipinski definition) is 1. The van der Waals surface area contributed by atoms with Gasteiger partial charge in [0.1, 0.15) is 11.6 Å². The van der Waals surface area contributed by atoms with Crippen molar-refractivity contribution in [1.29, 1.82) is 5.26 Å². The molecule has 0 bridgehead atoms. The zero-order valence-corrected chi connectivity index (χ0v) is 11.8. The SMILES string of the molecule is Cc1ccccc1C(C)Nc1ccc([N+](=O)[O-])c(C#N)c1. The number of nitro benzene ring substituents is 1. The smallest absolute Gasteiger partial charge is 0.287 e. The topological polar surface area (TPSA) is 79.0 Å². The molecule has 2 aromatic rings. The van der Waals surface area contributed by atoms with Crippen LogP contribution in [-0.4, -0.2) is 4.92 Å². The highest BCUT2D eigenvalue weighted by atomic mass is 16.6. The van der Waals surface area contributed by atoms with E-state index in [1.807, 2.05) is 44.2 Å². The van der Waals surface area contributed by atoms with Gasteiger partial charge in [-0.2, -0.15) is 5.26 Å². The molecule has 2 aromatic carbocycles. The highest BCUT2D eigenvalue weighted by Gasteiger charge is 2.15. The zero-order valence-electron chi connectivity index (χ0n) is 11.8. The van der Waals surface area contributed by atoms with Gasteiger partial charge >= 0.3 is 0 Å². The number of hydrogen-bond acceptors (Lipinski definition) is 4.